The van der Waals surface area contributed by atoms with Gasteiger partial charge in [-0.15, -0.1) is 0 Å². The van der Waals surface area contributed by atoms with Crippen molar-refractivity contribution in [3.05, 3.63) is 28.3 Å². The van der Waals surface area contributed by atoms with E-state index in [4.69, 9.17) is 0 Å². The number of H-pyrrole nitrogens is 1. The molecule has 0 saturated heterocycles. The smallest absolute Gasteiger partial charge is 0.253 e. The number of ether oxygens (including phenoxy) is 1. The summed E-state index contributed by atoms with van der Waals surface area (Å²) in [5.41, 5.74) is -0.503. The zero-order valence-electron chi connectivity index (χ0n) is 5.35. The summed E-state index contributed by atoms with van der Waals surface area (Å²) in [4.78, 5) is 12.8. The topological polar surface area (TPSA) is 42.1 Å². The van der Waals surface area contributed by atoms with Crippen molar-refractivity contribution < 1.29 is 9.13 Å². The van der Waals surface area contributed by atoms with Crippen LogP contribution in [0.15, 0.2) is 16.9 Å². The average Bonchev–Trinajstić information content (AvgIpc) is 1.85. The van der Waals surface area contributed by atoms with E-state index >= 15 is 0 Å². The molecule has 1 aromatic heterocycles. The molecule has 0 radical (unpaired) electrons. The molecule has 10 heavy (non-hydrogen) atoms. The maximum Gasteiger partial charge on any atom is 0.253 e. The van der Waals surface area contributed by atoms with Gasteiger partial charge in [0.05, 0.1) is 7.11 Å². The first-order valence-electron chi connectivity index (χ1n) is 2.66. The minimum atomic E-state index is -0.597. The Morgan fingerprint density at radius 2 is 2.30 bits per heavy atom. The number of nitrogens with one attached hydrogen (secondary N) is 1. The highest BCUT2D eigenvalue weighted by Gasteiger charge is 1.95. The Labute approximate surface area is 56.5 Å². The quantitative estimate of drug-likeness (QED) is 0.622. The second-order valence-electron chi connectivity index (χ2n) is 1.73. The van der Waals surface area contributed by atoms with Crippen molar-refractivity contribution in [3.8, 4) is 5.88 Å². The molecular formula is C6H6FNO2. The lowest BCUT2D eigenvalue weighted by Gasteiger charge is -1.96. The Bertz CT molecular complexity index is 281. The van der Waals surface area contributed by atoms with Crippen molar-refractivity contribution in [3.63, 3.8) is 0 Å². The van der Waals surface area contributed by atoms with Crippen molar-refractivity contribution in [2.75, 3.05) is 7.11 Å². The SMILES string of the molecule is COc1cc(F)cc(=O)[nH]1. The van der Waals surface area contributed by atoms with Crippen LogP contribution in [0.2, 0.25) is 0 Å². The molecule has 0 spiro atoms. The van der Waals surface area contributed by atoms with Gasteiger partial charge in [0.15, 0.2) is 5.88 Å². The Kier molecular flexibility index (Phi) is 1.71. The number of hydrogen-bond acceptors (Lipinski definition) is 2. The van der Waals surface area contributed by atoms with Crippen molar-refractivity contribution in [2.45, 2.75) is 0 Å². The first-order chi connectivity index (χ1) is 4.72. The number of rotatable bonds is 1. The van der Waals surface area contributed by atoms with E-state index in [9.17, 15) is 9.18 Å². The van der Waals surface area contributed by atoms with Crippen molar-refractivity contribution in [2.24, 2.45) is 0 Å². The molecule has 0 unspecified atom stereocenters. The van der Waals surface area contributed by atoms with Crippen LogP contribution in [0.4, 0.5) is 4.39 Å². The standard InChI is InChI=1S/C6H6FNO2/c1-10-6-3-4(7)2-5(9)8-6/h2-3H,1H3,(H,8,9). The minimum absolute atomic E-state index is 0.130. The predicted molar refractivity (Wildman–Crippen MR) is 33.6 cm³/mol. The zero-order valence-corrected chi connectivity index (χ0v) is 5.35. The molecule has 0 aliphatic heterocycles. The van der Waals surface area contributed by atoms with E-state index in [0.717, 1.165) is 12.1 Å². The molecule has 1 N–H and O–H groups in total. The van der Waals surface area contributed by atoms with Crippen LogP contribution in [-0.2, 0) is 0 Å². The minimum Gasteiger partial charge on any atom is -0.482 e. The summed E-state index contributed by atoms with van der Waals surface area (Å²) < 4.78 is 16.9. The fourth-order valence-corrected chi connectivity index (χ4v) is 0.596. The number of aromatic nitrogens is 1. The van der Waals surface area contributed by atoms with Crippen LogP contribution >= 0.6 is 0 Å². The van der Waals surface area contributed by atoms with E-state index in [1.54, 1.807) is 0 Å². The summed E-state index contributed by atoms with van der Waals surface area (Å²) >= 11 is 0. The second-order valence-corrected chi connectivity index (χ2v) is 1.73. The molecule has 0 atom stereocenters. The van der Waals surface area contributed by atoms with Crippen LogP contribution in [0.1, 0.15) is 0 Å². The first-order valence-corrected chi connectivity index (χ1v) is 2.66. The Hall–Kier alpha value is -1.32. The summed E-state index contributed by atoms with van der Waals surface area (Å²) in [6.45, 7) is 0. The summed E-state index contributed by atoms with van der Waals surface area (Å²) in [7, 11) is 1.35. The van der Waals surface area contributed by atoms with E-state index in [2.05, 4.69) is 9.72 Å². The first kappa shape index (κ1) is 6.80. The van der Waals surface area contributed by atoms with E-state index in [0.29, 0.717) is 0 Å². The maximum absolute atomic E-state index is 12.3. The lowest BCUT2D eigenvalue weighted by atomic mass is 10.4. The van der Waals surface area contributed by atoms with Gasteiger partial charge in [0, 0.05) is 12.1 Å². The highest BCUT2D eigenvalue weighted by molar-refractivity contribution is 5.11. The third kappa shape index (κ3) is 1.34. The van der Waals surface area contributed by atoms with Gasteiger partial charge in [0.1, 0.15) is 5.82 Å². The van der Waals surface area contributed by atoms with Gasteiger partial charge in [-0.3, -0.25) is 9.78 Å². The molecule has 54 valence electrons. The maximum atomic E-state index is 12.3. The van der Waals surface area contributed by atoms with Crippen LogP contribution in [0, 0.1) is 5.82 Å². The largest absolute Gasteiger partial charge is 0.482 e. The van der Waals surface area contributed by atoms with E-state index in [-0.39, 0.29) is 5.88 Å². The summed E-state index contributed by atoms with van der Waals surface area (Å²) in [5.74, 6) is -0.467. The number of aromatic amines is 1. The van der Waals surface area contributed by atoms with Gasteiger partial charge in [-0.2, -0.15) is 0 Å². The van der Waals surface area contributed by atoms with Gasteiger partial charge in [-0.25, -0.2) is 4.39 Å². The lowest BCUT2D eigenvalue weighted by molar-refractivity contribution is 0.392. The highest BCUT2D eigenvalue weighted by atomic mass is 19.1. The number of hydrogen-bond donors (Lipinski definition) is 1. The van der Waals surface area contributed by atoms with Crippen molar-refractivity contribution >= 4 is 0 Å². The van der Waals surface area contributed by atoms with Crippen LogP contribution in [0.5, 0.6) is 5.88 Å². The third-order valence-corrected chi connectivity index (χ3v) is 1.00. The van der Waals surface area contributed by atoms with Gasteiger partial charge < -0.3 is 4.74 Å². The molecule has 0 saturated carbocycles. The third-order valence-electron chi connectivity index (χ3n) is 1.00. The Morgan fingerprint density at radius 3 is 2.80 bits per heavy atom. The van der Waals surface area contributed by atoms with Crippen LogP contribution in [0.25, 0.3) is 0 Å². The Balaban J connectivity index is 3.19. The van der Waals surface area contributed by atoms with Crippen LogP contribution in [0.3, 0.4) is 0 Å². The molecule has 0 aliphatic rings. The van der Waals surface area contributed by atoms with Crippen molar-refractivity contribution in [1.82, 2.24) is 4.98 Å². The zero-order chi connectivity index (χ0) is 7.56. The van der Waals surface area contributed by atoms with Crippen molar-refractivity contribution in [1.29, 1.82) is 0 Å². The molecule has 0 fully saturated rings. The molecule has 1 aromatic rings. The molecule has 0 aromatic carbocycles. The highest BCUT2D eigenvalue weighted by Crippen LogP contribution is 2.02. The summed E-state index contributed by atoms with van der Waals surface area (Å²) in [5, 5.41) is 0. The molecule has 0 aliphatic carbocycles. The summed E-state index contributed by atoms with van der Waals surface area (Å²) in [6, 6.07) is 1.95. The number of methoxy groups -OCH3 is 1. The molecule has 1 rings (SSSR count). The second kappa shape index (κ2) is 2.51. The van der Waals surface area contributed by atoms with Gasteiger partial charge in [0.2, 0.25) is 0 Å². The van der Waals surface area contributed by atoms with Crippen LogP contribution in [-0.4, -0.2) is 12.1 Å². The fourth-order valence-electron chi connectivity index (χ4n) is 0.596. The van der Waals surface area contributed by atoms with Crippen LogP contribution < -0.4 is 10.3 Å². The normalized spacial score (nSPS) is 9.40. The van der Waals surface area contributed by atoms with E-state index < -0.39 is 11.4 Å². The lowest BCUT2D eigenvalue weighted by Crippen LogP contribution is -2.06. The number of halogens is 1. The Morgan fingerprint density at radius 1 is 1.60 bits per heavy atom. The molecule has 0 bridgehead atoms. The molecule has 0 amide bonds. The average molecular weight is 143 g/mol. The fraction of sp³-hybridized carbons (Fsp3) is 0.167. The number of pyridine rings is 1. The predicted octanol–water partition coefficient (Wildman–Crippen LogP) is 0.523. The molecule has 1 heterocycles. The van der Waals surface area contributed by atoms with Gasteiger partial charge in [0.25, 0.3) is 5.56 Å². The monoisotopic (exact) mass is 143 g/mol. The van der Waals surface area contributed by atoms with Gasteiger partial charge in [-0.1, -0.05) is 0 Å². The molecule has 3 nitrogen and oxygen atoms in total. The molecule has 4 heteroatoms. The van der Waals surface area contributed by atoms with Gasteiger partial charge in [-0.05, 0) is 0 Å². The van der Waals surface area contributed by atoms with E-state index in [1.165, 1.54) is 7.11 Å². The summed E-state index contributed by atoms with van der Waals surface area (Å²) in [6.07, 6.45) is 0. The van der Waals surface area contributed by atoms with E-state index in [1.807, 2.05) is 0 Å². The molecular weight excluding hydrogens is 137 g/mol. The van der Waals surface area contributed by atoms with Gasteiger partial charge >= 0.3 is 0 Å².